The van der Waals surface area contributed by atoms with E-state index >= 15 is 0 Å². The molecule has 1 aliphatic rings. The molecule has 1 atom stereocenters. The fourth-order valence-electron chi connectivity index (χ4n) is 3.02. The molecule has 1 aliphatic carbocycles. The number of halogens is 1. The van der Waals surface area contributed by atoms with E-state index in [1.165, 1.54) is 6.42 Å². The predicted molar refractivity (Wildman–Crippen MR) is 74.1 cm³/mol. The van der Waals surface area contributed by atoms with Crippen molar-refractivity contribution in [1.29, 1.82) is 0 Å². The van der Waals surface area contributed by atoms with Gasteiger partial charge in [0, 0.05) is 0 Å². The van der Waals surface area contributed by atoms with Crippen LogP contribution in [0.4, 0.5) is 0 Å². The first-order chi connectivity index (χ1) is 8.36. The summed E-state index contributed by atoms with van der Waals surface area (Å²) < 4.78 is 5.23. The first kappa shape index (κ1) is 13.7. The fraction of sp³-hybridized carbons (Fsp3) is 0.600. The number of rotatable bonds is 2. The normalized spacial score (nSPS) is 26.9. The largest absolute Gasteiger partial charge is 0.495 e. The highest BCUT2D eigenvalue weighted by molar-refractivity contribution is 6.32. The molecule has 0 bridgehead atoms. The molecule has 0 aromatic heterocycles. The number of aliphatic hydroxyl groups is 1. The zero-order chi connectivity index (χ0) is 13.4. The van der Waals surface area contributed by atoms with E-state index in [4.69, 9.17) is 16.3 Å². The van der Waals surface area contributed by atoms with Crippen molar-refractivity contribution in [1.82, 2.24) is 0 Å². The zero-order valence-corrected chi connectivity index (χ0v) is 12.0. The molecule has 1 N–H and O–H groups in total. The van der Waals surface area contributed by atoms with Gasteiger partial charge in [-0.2, -0.15) is 0 Å². The maximum Gasteiger partial charge on any atom is 0.137 e. The van der Waals surface area contributed by atoms with E-state index in [0.29, 0.717) is 10.8 Å². The van der Waals surface area contributed by atoms with Crippen LogP contribution in [-0.2, 0) is 5.60 Å². The average molecular weight is 269 g/mol. The molecule has 1 fully saturated rings. The quantitative estimate of drug-likeness (QED) is 0.874. The second-order valence-electron chi connectivity index (χ2n) is 6.08. The van der Waals surface area contributed by atoms with Crippen LogP contribution < -0.4 is 4.74 Å². The lowest BCUT2D eigenvalue weighted by atomic mass is 9.67. The third-order valence-corrected chi connectivity index (χ3v) is 4.22. The van der Waals surface area contributed by atoms with Crippen LogP contribution in [0, 0.1) is 5.41 Å². The molecule has 0 spiro atoms. The van der Waals surface area contributed by atoms with Gasteiger partial charge in [0.2, 0.25) is 0 Å². The van der Waals surface area contributed by atoms with Gasteiger partial charge in [-0.1, -0.05) is 31.5 Å². The second kappa shape index (κ2) is 4.75. The molecule has 0 amide bonds. The smallest absolute Gasteiger partial charge is 0.137 e. The minimum absolute atomic E-state index is 0.180. The standard InChI is InChI=1S/C15H21ClO2/c1-14(2)7-4-8-15(17,10-14)11-5-6-12(16)13(9-11)18-3/h5-6,9,17H,4,7-8,10H2,1-3H3. The first-order valence-corrected chi connectivity index (χ1v) is 6.81. The molecule has 2 nitrogen and oxygen atoms in total. The molecule has 1 unspecified atom stereocenters. The summed E-state index contributed by atoms with van der Waals surface area (Å²) in [4.78, 5) is 0. The van der Waals surface area contributed by atoms with E-state index in [-0.39, 0.29) is 5.41 Å². The summed E-state index contributed by atoms with van der Waals surface area (Å²) in [5.41, 5.74) is 0.343. The molecule has 1 aromatic carbocycles. The summed E-state index contributed by atoms with van der Waals surface area (Å²) in [5, 5.41) is 11.5. The second-order valence-corrected chi connectivity index (χ2v) is 6.48. The van der Waals surface area contributed by atoms with Gasteiger partial charge in [0.1, 0.15) is 5.75 Å². The Bertz CT molecular complexity index is 442. The van der Waals surface area contributed by atoms with Crippen molar-refractivity contribution in [2.45, 2.75) is 45.1 Å². The lowest BCUT2D eigenvalue weighted by molar-refractivity contribution is -0.0441. The summed E-state index contributed by atoms with van der Waals surface area (Å²) in [6, 6.07) is 5.57. The van der Waals surface area contributed by atoms with Crippen molar-refractivity contribution in [3.05, 3.63) is 28.8 Å². The first-order valence-electron chi connectivity index (χ1n) is 6.43. The van der Waals surface area contributed by atoms with E-state index in [1.54, 1.807) is 13.2 Å². The topological polar surface area (TPSA) is 29.5 Å². The zero-order valence-electron chi connectivity index (χ0n) is 11.3. The number of ether oxygens (including phenoxy) is 1. The van der Waals surface area contributed by atoms with E-state index in [1.807, 2.05) is 12.1 Å². The van der Waals surface area contributed by atoms with Gasteiger partial charge in [0.15, 0.2) is 0 Å². The third-order valence-electron chi connectivity index (χ3n) is 3.90. The van der Waals surface area contributed by atoms with Crippen molar-refractivity contribution in [2.24, 2.45) is 5.41 Å². The average Bonchev–Trinajstić information content (AvgIpc) is 2.27. The van der Waals surface area contributed by atoms with Crippen LogP contribution in [0.15, 0.2) is 18.2 Å². The Labute approximate surface area is 114 Å². The molecular weight excluding hydrogens is 248 g/mol. The van der Waals surface area contributed by atoms with E-state index in [2.05, 4.69) is 13.8 Å². The van der Waals surface area contributed by atoms with Crippen molar-refractivity contribution >= 4 is 11.6 Å². The Morgan fingerprint density at radius 1 is 1.28 bits per heavy atom. The highest BCUT2D eigenvalue weighted by Gasteiger charge is 2.39. The van der Waals surface area contributed by atoms with Gasteiger partial charge in [-0.25, -0.2) is 0 Å². The van der Waals surface area contributed by atoms with Crippen LogP contribution in [0.3, 0.4) is 0 Å². The summed E-state index contributed by atoms with van der Waals surface area (Å²) in [5.74, 6) is 0.631. The summed E-state index contributed by atoms with van der Waals surface area (Å²) >= 11 is 6.03. The van der Waals surface area contributed by atoms with Crippen molar-refractivity contribution in [3.63, 3.8) is 0 Å². The number of hydrogen-bond donors (Lipinski definition) is 1. The highest BCUT2D eigenvalue weighted by atomic mass is 35.5. The van der Waals surface area contributed by atoms with E-state index in [9.17, 15) is 5.11 Å². The molecular formula is C15H21ClO2. The Morgan fingerprint density at radius 2 is 2.00 bits per heavy atom. The van der Waals surface area contributed by atoms with Crippen LogP contribution >= 0.6 is 11.6 Å². The molecule has 1 aromatic rings. The number of hydrogen-bond acceptors (Lipinski definition) is 2. The van der Waals surface area contributed by atoms with Gasteiger partial charge in [-0.05, 0) is 48.8 Å². The SMILES string of the molecule is COc1cc(C2(O)CCCC(C)(C)C2)ccc1Cl. The van der Waals surface area contributed by atoms with Crippen LogP contribution in [0.2, 0.25) is 5.02 Å². The molecule has 3 heteroatoms. The third kappa shape index (κ3) is 2.65. The summed E-state index contributed by atoms with van der Waals surface area (Å²) in [7, 11) is 1.60. The minimum atomic E-state index is -0.750. The summed E-state index contributed by atoms with van der Waals surface area (Å²) in [6.07, 6.45) is 3.81. The molecule has 2 rings (SSSR count). The van der Waals surface area contributed by atoms with Crippen LogP contribution in [0.1, 0.15) is 45.1 Å². The van der Waals surface area contributed by atoms with Crippen LogP contribution in [0.5, 0.6) is 5.75 Å². The van der Waals surface area contributed by atoms with Crippen LogP contribution in [-0.4, -0.2) is 12.2 Å². The van der Waals surface area contributed by atoms with Gasteiger partial charge in [0.05, 0.1) is 17.7 Å². The predicted octanol–water partition coefficient (Wildman–Crippen LogP) is 4.14. The Morgan fingerprint density at radius 3 is 2.61 bits per heavy atom. The maximum absolute atomic E-state index is 10.9. The van der Waals surface area contributed by atoms with E-state index in [0.717, 1.165) is 24.8 Å². The number of benzene rings is 1. The maximum atomic E-state index is 10.9. The summed E-state index contributed by atoms with van der Waals surface area (Å²) in [6.45, 7) is 4.43. The molecule has 0 radical (unpaired) electrons. The van der Waals surface area contributed by atoms with Gasteiger partial charge in [-0.3, -0.25) is 0 Å². The fourth-order valence-corrected chi connectivity index (χ4v) is 3.22. The monoisotopic (exact) mass is 268 g/mol. The Kier molecular flexibility index (Phi) is 3.61. The van der Waals surface area contributed by atoms with Crippen molar-refractivity contribution in [2.75, 3.05) is 7.11 Å². The lowest BCUT2D eigenvalue weighted by Crippen LogP contribution is -2.36. The van der Waals surface area contributed by atoms with Gasteiger partial charge < -0.3 is 9.84 Å². The number of methoxy groups -OCH3 is 1. The molecule has 0 saturated heterocycles. The van der Waals surface area contributed by atoms with Crippen LogP contribution in [0.25, 0.3) is 0 Å². The van der Waals surface area contributed by atoms with Gasteiger partial charge in [0.25, 0.3) is 0 Å². The van der Waals surface area contributed by atoms with E-state index < -0.39 is 5.60 Å². The molecule has 18 heavy (non-hydrogen) atoms. The Hall–Kier alpha value is -0.730. The molecule has 100 valence electrons. The molecule has 1 saturated carbocycles. The van der Waals surface area contributed by atoms with Gasteiger partial charge >= 0.3 is 0 Å². The molecule has 0 aliphatic heterocycles. The highest BCUT2D eigenvalue weighted by Crippen LogP contribution is 2.47. The lowest BCUT2D eigenvalue weighted by Gasteiger charge is -2.42. The van der Waals surface area contributed by atoms with Gasteiger partial charge in [-0.15, -0.1) is 0 Å². The minimum Gasteiger partial charge on any atom is -0.495 e. The van der Waals surface area contributed by atoms with Crippen molar-refractivity contribution in [3.8, 4) is 5.75 Å². The van der Waals surface area contributed by atoms with Crippen molar-refractivity contribution < 1.29 is 9.84 Å². The Balaban J connectivity index is 2.35. The molecule has 0 heterocycles.